The number of nitrogens with two attached hydrogens (primary N) is 2. The Balaban J connectivity index is 2.04. The topological polar surface area (TPSA) is 84.4 Å². The van der Waals surface area contributed by atoms with Crippen molar-refractivity contribution >= 4 is 23.0 Å². The minimum atomic E-state index is -0.0440. The number of carbonyl (C=O) groups excluding carboxylic acids is 1. The molecule has 98 valence electrons. The van der Waals surface area contributed by atoms with Gasteiger partial charge in [-0.15, -0.1) is 0 Å². The number of nitrogens with one attached hydrogen (secondary N) is 1. The van der Waals surface area contributed by atoms with Crippen molar-refractivity contribution in [1.29, 1.82) is 0 Å². The number of benzene rings is 1. The summed E-state index contributed by atoms with van der Waals surface area (Å²) < 4.78 is 0. The SMILES string of the molecule is CN1CCCC[C@@H]1C(=O)Nc1ccc(N)c(N)c1. The Labute approximate surface area is 107 Å². The van der Waals surface area contributed by atoms with Crippen LogP contribution in [0.5, 0.6) is 0 Å². The molecule has 1 atom stereocenters. The molecule has 1 aromatic carbocycles. The zero-order chi connectivity index (χ0) is 13.1. The molecule has 5 N–H and O–H groups in total. The fraction of sp³-hybridized carbons (Fsp3) is 0.462. The van der Waals surface area contributed by atoms with Crippen LogP contribution < -0.4 is 16.8 Å². The van der Waals surface area contributed by atoms with E-state index >= 15 is 0 Å². The van der Waals surface area contributed by atoms with Crippen molar-refractivity contribution in [2.45, 2.75) is 25.3 Å². The van der Waals surface area contributed by atoms with Crippen molar-refractivity contribution in [2.24, 2.45) is 0 Å². The van der Waals surface area contributed by atoms with Gasteiger partial charge in [-0.1, -0.05) is 6.42 Å². The van der Waals surface area contributed by atoms with E-state index in [1.807, 2.05) is 7.05 Å². The molecular weight excluding hydrogens is 228 g/mol. The number of amides is 1. The van der Waals surface area contributed by atoms with E-state index in [9.17, 15) is 4.79 Å². The van der Waals surface area contributed by atoms with Gasteiger partial charge in [0, 0.05) is 5.69 Å². The number of hydrogen-bond donors (Lipinski definition) is 3. The standard InChI is InChI=1S/C13H20N4O/c1-17-7-3-2-4-12(17)13(18)16-9-5-6-10(14)11(15)8-9/h5-6,8,12H,2-4,7,14-15H2,1H3,(H,16,18)/t12-/m1/s1. The maximum absolute atomic E-state index is 12.1. The molecule has 1 amide bonds. The number of likely N-dealkylation sites (N-methyl/N-ethyl adjacent to an activating group) is 1. The van der Waals surface area contributed by atoms with Crippen LogP contribution in [0, 0.1) is 0 Å². The maximum Gasteiger partial charge on any atom is 0.241 e. The summed E-state index contributed by atoms with van der Waals surface area (Å²) in [6.45, 7) is 0.974. The first kappa shape index (κ1) is 12.7. The minimum absolute atomic E-state index is 0.0290. The van der Waals surface area contributed by atoms with Gasteiger partial charge in [-0.3, -0.25) is 9.69 Å². The number of anilines is 3. The largest absolute Gasteiger partial charge is 0.397 e. The lowest BCUT2D eigenvalue weighted by Gasteiger charge is -2.31. The lowest BCUT2D eigenvalue weighted by molar-refractivity contribution is -0.121. The second-order valence-corrected chi connectivity index (χ2v) is 4.83. The van der Waals surface area contributed by atoms with Crippen molar-refractivity contribution in [3.63, 3.8) is 0 Å². The smallest absolute Gasteiger partial charge is 0.241 e. The van der Waals surface area contributed by atoms with Gasteiger partial charge in [-0.2, -0.15) is 0 Å². The number of hydrogen-bond acceptors (Lipinski definition) is 4. The van der Waals surface area contributed by atoms with E-state index in [-0.39, 0.29) is 11.9 Å². The number of nitrogen functional groups attached to an aromatic ring is 2. The lowest BCUT2D eigenvalue weighted by Crippen LogP contribution is -2.44. The summed E-state index contributed by atoms with van der Waals surface area (Å²) in [5.41, 5.74) is 13.1. The zero-order valence-electron chi connectivity index (χ0n) is 10.6. The van der Waals surface area contributed by atoms with Crippen molar-refractivity contribution in [2.75, 3.05) is 30.4 Å². The molecule has 5 heteroatoms. The fourth-order valence-electron chi connectivity index (χ4n) is 2.28. The summed E-state index contributed by atoms with van der Waals surface area (Å²) in [7, 11) is 1.99. The van der Waals surface area contributed by atoms with Crippen molar-refractivity contribution < 1.29 is 4.79 Å². The summed E-state index contributed by atoms with van der Waals surface area (Å²) in [5.74, 6) is 0.0290. The third kappa shape index (κ3) is 2.73. The molecule has 5 nitrogen and oxygen atoms in total. The lowest BCUT2D eigenvalue weighted by atomic mass is 10.0. The van der Waals surface area contributed by atoms with Crippen LogP contribution in [0.3, 0.4) is 0 Å². The van der Waals surface area contributed by atoms with Gasteiger partial charge in [0.25, 0.3) is 0 Å². The van der Waals surface area contributed by atoms with Crippen LogP contribution in [0.15, 0.2) is 18.2 Å². The van der Waals surface area contributed by atoms with E-state index in [1.54, 1.807) is 18.2 Å². The van der Waals surface area contributed by atoms with Crippen LogP contribution in [-0.4, -0.2) is 30.4 Å². The number of carbonyl (C=O) groups is 1. The molecule has 2 rings (SSSR count). The summed E-state index contributed by atoms with van der Waals surface area (Å²) >= 11 is 0. The third-order valence-electron chi connectivity index (χ3n) is 3.43. The molecule has 0 radical (unpaired) electrons. The average molecular weight is 248 g/mol. The van der Waals surface area contributed by atoms with Gasteiger partial charge in [-0.25, -0.2) is 0 Å². The molecule has 0 bridgehead atoms. The van der Waals surface area contributed by atoms with Crippen LogP contribution in [0.4, 0.5) is 17.1 Å². The summed E-state index contributed by atoms with van der Waals surface area (Å²) in [6, 6.07) is 5.12. The molecule has 1 aliphatic heterocycles. The number of nitrogens with zero attached hydrogens (tertiary/aromatic N) is 1. The van der Waals surface area contributed by atoms with Gasteiger partial charge in [0.05, 0.1) is 17.4 Å². The Kier molecular flexibility index (Phi) is 3.72. The molecule has 0 saturated carbocycles. The second kappa shape index (κ2) is 5.27. The van der Waals surface area contributed by atoms with E-state index < -0.39 is 0 Å². The van der Waals surface area contributed by atoms with E-state index in [0.717, 1.165) is 25.8 Å². The first-order valence-electron chi connectivity index (χ1n) is 6.24. The predicted molar refractivity (Wildman–Crippen MR) is 74.2 cm³/mol. The molecule has 18 heavy (non-hydrogen) atoms. The quantitative estimate of drug-likeness (QED) is 0.688. The highest BCUT2D eigenvalue weighted by Gasteiger charge is 2.25. The highest BCUT2D eigenvalue weighted by Crippen LogP contribution is 2.21. The predicted octanol–water partition coefficient (Wildman–Crippen LogP) is 1.27. The highest BCUT2D eigenvalue weighted by molar-refractivity contribution is 5.95. The summed E-state index contributed by atoms with van der Waals surface area (Å²) in [5, 5.41) is 2.89. The average Bonchev–Trinajstić information content (AvgIpc) is 2.34. The fourth-order valence-corrected chi connectivity index (χ4v) is 2.28. The number of piperidine rings is 1. The molecule has 0 aliphatic carbocycles. The van der Waals surface area contributed by atoms with Crippen molar-refractivity contribution in [3.8, 4) is 0 Å². The molecular formula is C13H20N4O. The van der Waals surface area contributed by atoms with Gasteiger partial charge >= 0.3 is 0 Å². The molecule has 1 heterocycles. The third-order valence-corrected chi connectivity index (χ3v) is 3.43. The molecule has 0 aromatic heterocycles. The van der Waals surface area contributed by atoms with Crippen LogP contribution in [0.25, 0.3) is 0 Å². The van der Waals surface area contributed by atoms with E-state index in [4.69, 9.17) is 11.5 Å². The number of likely N-dealkylation sites (tertiary alicyclic amines) is 1. The monoisotopic (exact) mass is 248 g/mol. The van der Waals surface area contributed by atoms with E-state index in [0.29, 0.717) is 17.1 Å². The molecule has 1 saturated heterocycles. The first-order chi connectivity index (χ1) is 8.58. The summed E-state index contributed by atoms with van der Waals surface area (Å²) in [6.07, 6.45) is 3.17. The van der Waals surface area contributed by atoms with Crippen LogP contribution in [0.1, 0.15) is 19.3 Å². The van der Waals surface area contributed by atoms with Gasteiger partial charge in [0.2, 0.25) is 5.91 Å². The van der Waals surface area contributed by atoms with E-state index in [2.05, 4.69) is 10.2 Å². The first-order valence-corrected chi connectivity index (χ1v) is 6.24. The van der Waals surface area contributed by atoms with Crippen molar-refractivity contribution in [3.05, 3.63) is 18.2 Å². The van der Waals surface area contributed by atoms with Gasteiger partial charge < -0.3 is 16.8 Å². The maximum atomic E-state index is 12.1. The Morgan fingerprint density at radius 1 is 1.33 bits per heavy atom. The molecule has 0 spiro atoms. The normalized spacial score (nSPS) is 20.6. The molecule has 1 aromatic rings. The van der Waals surface area contributed by atoms with Crippen LogP contribution in [0.2, 0.25) is 0 Å². The van der Waals surface area contributed by atoms with Gasteiger partial charge in [-0.05, 0) is 44.6 Å². The molecule has 0 unspecified atom stereocenters. The molecule has 1 aliphatic rings. The van der Waals surface area contributed by atoms with Crippen LogP contribution in [-0.2, 0) is 4.79 Å². The Bertz CT molecular complexity index is 447. The second-order valence-electron chi connectivity index (χ2n) is 4.83. The Hall–Kier alpha value is -1.75. The summed E-state index contributed by atoms with van der Waals surface area (Å²) in [4.78, 5) is 14.2. The Morgan fingerprint density at radius 3 is 2.78 bits per heavy atom. The highest BCUT2D eigenvalue weighted by atomic mass is 16.2. The van der Waals surface area contributed by atoms with E-state index in [1.165, 1.54) is 0 Å². The van der Waals surface area contributed by atoms with Gasteiger partial charge in [0.1, 0.15) is 0 Å². The van der Waals surface area contributed by atoms with Crippen LogP contribution >= 0.6 is 0 Å². The van der Waals surface area contributed by atoms with Gasteiger partial charge in [0.15, 0.2) is 0 Å². The zero-order valence-corrected chi connectivity index (χ0v) is 10.6. The Morgan fingerprint density at radius 2 is 2.11 bits per heavy atom. The van der Waals surface area contributed by atoms with Crippen molar-refractivity contribution in [1.82, 2.24) is 4.90 Å². The number of rotatable bonds is 2. The molecule has 1 fully saturated rings. The minimum Gasteiger partial charge on any atom is -0.397 e.